The maximum atomic E-state index is 13.7. The van der Waals surface area contributed by atoms with Crippen molar-refractivity contribution in [2.75, 3.05) is 20.2 Å². The van der Waals surface area contributed by atoms with Crippen LogP contribution in [0, 0.1) is 27.7 Å². The van der Waals surface area contributed by atoms with Gasteiger partial charge in [0.2, 0.25) is 5.88 Å². The summed E-state index contributed by atoms with van der Waals surface area (Å²) in [5.74, 6) is -0.583. The van der Waals surface area contributed by atoms with Crippen LogP contribution < -0.4 is 4.74 Å². The van der Waals surface area contributed by atoms with Crippen molar-refractivity contribution in [3.63, 3.8) is 0 Å². The lowest BCUT2D eigenvalue weighted by molar-refractivity contribution is -0.389. The smallest absolute Gasteiger partial charge is 0.383 e. The summed E-state index contributed by atoms with van der Waals surface area (Å²) in [5, 5.41) is 11.7. The molecule has 3 aromatic rings. The van der Waals surface area contributed by atoms with Crippen molar-refractivity contribution >= 4 is 29.2 Å². The van der Waals surface area contributed by atoms with Crippen LogP contribution in [-0.4, -0.2) is 60.0 Å². The van der Waals surface area contributed by atoms with Gasteiger partial charge in [0.25, 0.3) is 0 Å². The molecule has 4 heterocycles. The number of benzene rings is 1. The lowest BCUT2D eigenvalue weighted by Gasteiger charge is -2.45. The van der Waals surface area contributed by atoms with Gasteiger partial charge in [0.05, 0.1) is 12.8 Å². The maximum absolute atomic E-state index is 13.7. The van der Waals surface area contributed by atoms with E-state index in [1.807, 2.05) is 11.8 Å². The summed E-state index contributed by atoms with van der Waals surface area (Å²) in [4.78, 5) is 25.5. The van der Waals surface area contributed by atoms with Crippen LogP contribution >= 0.6 is 23.4 Å². The SMILES string of the molecule is COc1nc(-c2cc(F)cc(F)c2)nc2c1CN(CC1SC(Cn3cc([N+](=O)[O-])nc3Cl)C1C)CC2. The number of nitro groups is 1. The molecule has 2 aromatic heterocycles. The summed E-state index contributed by atoms with van der Waals surface area (Å²) < 4.78 is 34.6. The van der Waals surface area contributed by atoms with Crippen LogP contribution in [0.2, 0.25) is 5.28 Å². The molecule has 0 aliphatic carbocycles. The highest BCUT2D eigenvalue weighted by Gasteiger charge is 2.40. The van der Waals surface area contributed by atoms with E-state index in [0.717, 1.165) is 30.4 Å². The number of nitrogens with zero attached hydrogens (tertiary/aromatic N) is 6. The van der Waals surface area contributed by atoms with Crippen molar-refractivity contribution in [1.82, 2.24) is 24.4 Å². The zero-order valence-corrected chi connectivity index (χ0v) is 21.1. The van der Waals surface area contributed by atoms with Gasteiger partial charge in [-0.15, -0.1) is 0 Å². The topological polar surface area (TPSA) is 99.2 Å². The molecule has 3 unspecified atom stereocenters. The van der Waals surface area contributed by atoms with Crippen LogP contribution in [0.15, 0.2) is 24.4 Å². The largest absolute Gasteiger partial charge is 0.481 e. The molecule has 2 aliphatic rings. The van der Waals surface area contributed by atoms with Gasteiger partial charge in [-0.1, -0.05) is 6.92 Å². The molecule has 0 saturated carbocycles. The first-order chi connectivity index (χ1) is 17.2. The fourth-order valence-electron chi connectivity index (χ4n) is 4.66. The zero-order chi connectivity index (χ0) is 25.6. The molecular formula is C23H23ClF2N6O3S. The van der Waals surface area contributed by atoms with Crippen molar-refractivity contribution in [2.24, 2.45) is 5.92 Å². The van der Waals surface area contributed by atoms with Gasteiger partial charge < -0.3 is 14.9 Å². The predicted molar refractivity (Wildman–Crippen MR) is 131 cm³/mol. The van der Waals surface area contributed by atoms with Crippen molar-refractivity contribution in [3.05, 3.63) is 62.7 Å². The molecule has 9 nitrogen and oxygen atoms in total. The minimum atomic E-state index is -0.685. The number of halogens is 3. The zero-order valence-electron chi connectivity index (χ0n) is 19.5. The number of hydrogen-bond acceptors (Lipinski definition) is 8. The third-order valence-corrected chi connectivity index (χ3v) is 8.81. The normalized spacial score (nSPS) is 21.6. The second-order valence-corrected chi connectivity index (χ2v) is 10.8. The summed E-state index contributed by atoms with van der Waals surface area (Å²) >= 11 is 7.90. The minimum absolute atomic E-state index is 0.123. The van der Waals surface area contributed by atoms with Gasteiger partial charge in [-0.25, -0.2) is 13.8 Å². The van der Waals surface area contributed by atoms with Crippen LogP contribution in [0.3, 0.4) is 0 Å². The average Bonchev–Trinajstić information content (AvgIpc) is 3.22. The molecule has 0 spiro atoms. The van der Waals surface area contributed by atoms with E-state index in [1.54, 1.807) is 4.57 Å². The van der Waals surface area contributed by atoms with E-state index < -0.39 is 16.6 Å². The van der Waals surface area contributed by atoms with Crippen molar-refractivity contribution in [3.8, 4) is 17.3 Å². The van der Waals surface area contributed by atoms with E-state index in [-0.39, 0.29) is 27.7 Å². The molecule has 190 valence electrons. The Morgan fingerprint density at radius 1 is 1.19 bits per heavy atom. The predicted octanol–water partition coefficient (Wildman–Crippen LogP) is 4.37. The van der Waals surface area contributed by atoms with Crippen LogP contribution in [-0.2, 0) is 19.5 Å². The summed E-state index contributed by atoms with van der Waals surface area (Å²) in [5.41, 5.74) is 1.97. The van der Waals surface area contributed by atoms with Crippen molar-refractivity contribution < 1.29 is 18.4 Å². The summed E-state index contributed by atoms with van der Waals surface area (Å²) in [6.07, 6.45) is 2.05. The highest BCUT2D eigenvalue weighted by atomic mass is 35.5. The lowest BCUT2D eigenvalue weighted by atomic mass is 9.99. The Morgan fingerprint density at radius 2 is 1.92 bits per heavy atom. The van der Waals surface area contributed by atoms with Gasteiger partial charge in [0, 0.05) is 60.3 Å². The number of hydrogen-bond donors (Lipinski definition) is 0. The highest BCUT2D eigenvalue weighted by molar-refractivity contribution is 8.02. The summed E-state index contributed by atoms with van der Waals surface area (Å²) in [6, 6.07) is 3.23. The second-order valence-electron chi connectivity index (χ2n) is 8.97. The molecule has 0 bridgehead atoms. The number of thioether (sulfide) groups is 1. The molecule has 1 aromatic carbocycles. The third kappa shape index (κ3) is 4.89. The van der Waals surface area contributed by atoms with Gasteiger partial charge in [0.15, 0.2) is 5.82 Å². The van der Waals surface area contributed by atoms with Crippen molar-refractivity contribution in [1.29, 1.82) is 0 Å². The van der Waals surface area contributed by atoms with Gasteiger partial charge in [-0.3, -0.25) is 9.47 Å². The van der Waals surface area contributed by atoms with Crippen LogP contribution in [0.4, 0.5) is 14.6 Å². The molecule has 5 rings (SSSR count). The highest BCUT2D eigenvalue weighted by Crippen LogP contribution is 2.44. The average molecular weight is 537 g/mol. The van der Waals surface area contributed by atoms with Gasteiger partial charge >= 0.3 is 11.1 Å². The second kappa shape index (κ2) is 9.91. The minimum Gasteiger partial charge on any atom is -0.481 e. The number of rotatable bonds is 7. The van der Waals surface area contributed by atoms with Crippen LogP contribution in [0.5, 0.6) is 5.88 Å². The quantitative estimate of drug-likeness (QED) is 0.324. The van der Waals surface area contributed by atoms with Crippen LogP contribution in [0.1, 0.15) is 18.2 Å². The summed E-state index contributed by atoms with van der Waals surface area (Å²) in [6.45, 7) is 5.01. The Hall–Kier alpha value is -2.83. The van der Waals surface area contributed by atoms with E-state index >= 15 is 0 Å². The van der Waals surface area contributed by atoms with Gasteiger partial charge in [0.1, 0.15) is 17.8 Å². The molecule has 1 fully saturated rings. The molecule has 0 radical (unpaired) electrons. The molecular weight excluding hydrogens is 514 g/mol. The standard InChI is InChI=1S/C23H23ClF2N6O3S/c1-12-18(36-19(12)10-31-11-20(32(33)34)28-23(31)24)9-30-4-3-17-16(8-30)22(35-2)29-21(27-17)13-5-14(25)7-15(26)6-13/h5-7,11-12,18-19H,3-4,8-10H2,1-2H3. The van der Waals surface area contributed by atoms with Crippen LogP contribution in [0.25, 0.3) is 11.4 Å². The Kier molecular flexibility index (Phi) is 6.84. The molecule has 3 atom stereocenters. The monoisotopic (exact) mass is 536 g/mol. The lowest BCUT2D eigenvalue weighted by Crippen LogP contribution is -2.48. The van der Waals surface area contributed by atoms with E-state index in [4.69, 9.17) is 16.3 Å². The Labute approximate surface area is 215 Å². The Bertz CT molecular complexity index is 1290. The number of imidazole rings is 1. The fourth-order valence-corrected chi connectivity index (χ4v) is 6.46. The van der Waals surface area contributed by atoms with Crippen molar-refractivity contribution in [2.45, 2.75) is 36.9 Å². The Balaban J connectivity index is 1.24. The molecule has 36 heavy (non-hydrogen) atoms. The number of aromatic nitrogens is 4. The van der Waals surface area contributed by atoms with E-state index in [0.29, 0.717) is 36.6 Å². The number of fused-ring (bicyclic) bond motifs is 1. The van der Waals surface area contributed by atoms with Gasteiger partial charge in [-0.2, -0.15) is 16.7 Å². The van der Waals surface area contributed by atoms with E-state index in [2.05, 4.69) is 26.8 Å². The van der Waals surface area contributed by atoms with E-state index in [1.165, 1.54) is 25.4 Å². The number of methoxy groups -OCH3 is 1. The molecule has 2 aliphatic heterocycles. The molecule has 0 N–H and O–H groups in total. The molecule has 0 amide bonds. The fraction of sp³-hybridized carbons (Fsp3) is 0.435. The molecule has 1 saturated heterocycles. The Morgan fingerprint density at radius 3 is 2.56 bits per heavy atom. The van der Waals surface area contributed by atoms with E-state index in [9.17, 15) is 18.9 Å². The maximum Gasteiger partial charge on any atom is 0.383 e. The molecule has 13 heteroatoms. The first-order valence-electron chi connectivity index (χ1n) is 11.4. The first kappa shape index (κ1) is 24.8. The summed E-state index contributed by atoms with van der Waals surface area (Å²) in [7, 11) is 1.53. The number of ether oxygens (including phenoxy) is 1. The first-order valence-corrected chi connectivity index (χ1v) is 12.7. The van der Waals surface area contributed by atoms with Gasteiger partial charge in [-0.05, 0) is 39.6 Å². The third-order valence-electron chi connectivity index (χ3n) is 6.65.